The number of fused-ring (bicyclic) bond motifs is 2. The lowest BCUT2D eigenvalue weighted by molar-refractivity contribution is -0.117. The third-order valence-electron chi connectivity index (χ3n) is 4.59. The van der Waals surface area contributed by atoms with Crippen molar-refractivity contribution in [3.8, 4) is 28.4 Å². The van der Waals surface area contributed by atoms with Crippen molar-refractivity contribution in [2.45, 2.75) is 5.92 Å². The molecule has 0 saturated heterocycles. The Kier molecular flexibility index (Phi) is 3.31. The van der Waals surface area contributed by atoms with Crippen LogP contribution < -0.4 is 19.5 Å². The third kappa shape index (κ3) is 2.36. The number of benzene rings is 2. The molecule has 0 aliphatic carbocycles. The summed E-state index contributed by atoms with van der Waals surface area (Å²) in [4.78, 5) is 12.8. The molecule has 5 rings (SSSR count). The van der Waals surface area contributed by atoms with Crippen molar-refractivity contribution >= 4 is 11.7 Å². The van der Waals surface area contributed by atoms with Crippen LogP contribution in [0.25, 0.3) is 11.1 Å². The highest BCUT2D eigenvalue weighted by molar-refractivity contribution is 5.99. The summed E-state index contributed by atoms with van der Waals surface area (Å²) in [6.45, 7) is 0.549. The number of H-pyrrole nitrogens is 1. The summed E-state index contributed by atoms with van der Waals surface area (Å²) in [5.74, 6) is 2.20. The largest absolute Gasteiger partial charge is 0.492 e. The molecule has 2 N–H and O–H groups in total. The van der Waals surface area contributed by atoms with E-state index in [4.69, 9.17) is 14.2 Å². The highest BCUT2D eigenvalue weighted by Crippen LogP contribution is 2.38. The Morgan fingerprint density at radius 1 is 1.08 bits per heavy atom. The van der Waals surface area contributed by atoms with Gasteiger partial charge >= 0.3 is 0 Å². The fourth-order valence-electron chi connectivity index (χ4n) is 3.25. The van der Waals surface area contributed by atoms with Gasteiger partial charge in [0.25, 0.3) is 0 Å². The van der Waals surface area contributed by atoms with Gasteiger partial charge in [-0.3, -0.25) is 9.89 Å². The van der Waals surface area contributed by atoms with Crippen LogP contribution in [0.5, 0.6) is 17.2 Å². The number of nitrogens with zero attached hydrogens (tertiary/aromatic N) is 1. The predicted molar refractivity (Wildman–Crippen MR) is 93.5 cm³/mol. The molecule has 0 bridgehead atoms. The minimum atomic E-state index is -0.348. The average molecular weight is 349 g/mol. The maximum absolute atomic E-state index is 12.8. The maximum atomic E-state index is 12.8. The molecule has 0 radical (unpaired) electrons. The average Bonchev–Trinajstić information content (AvgIpc) is 3.39. The van der Waals surface area contributed by atoms with E-state index in [-0.39, 0.29) is 18.6 Å². The molecule has 7 heteroatoms. The Morgan fingerprint density at radius 3 is 2.92 bits per heavy atom. The number of aromatic nitrogens is 2. The Hall–Kier alpha value is -3.48. The lowest BCUT2D eigenvalue weighted by atomic mass is 10.0. The van der Waals surface area contributed by atoms with Gasteiger partial charge < -0.3 is 19.5 Å². The Morgan fingerprint density at radius 2 is 1.96 bits per heavy atom. The molecular weight excluding hydrogens is 334 g/mol. The number of para-hydroxylation sites is 1. The summed E-state index contributed by atoms with van der Waals surface area (Å²) in [6.07, 6.45) is 1.67. The van der Waals surface area contributed by atoms with Crippen molar-refractivity contribution in [3.05, 3.63) is 54.2 Å². The summed E-state index contributed by atoms with van der Waals surface area (Å²) in [7, 11) is 0. The molecular formula is C19H15N3O4. The van der Waals surface area contributed by atoms with Crippen molar-refractivity contribution in [3.63, 3.8) is 0 Å². The molecule has 1 amide bonds. The van der Waals surface area contributed by atoms with Crippen LogP contribution in [0.2, 0.25) is 0 Å². The van der Waals surface area contributed by atoms with E-state index in [9.17, 15) is 4.79 Å². The minimum Gasteiger partial charge on any atom is -0.492 e. The number of nitrogens with one attached hydrogen (secondary N) is 2. The van der Waals surface area contributed by atoms with Crippen LogP contribution in [0.15, 0.2) is 48.7 Å². The number of hydrogen-bond donors (Lipinski definition) is 2. The molecule has 0 saturated carbocycles. The van der Waals surface area contributed by atoms with E-state index in [1.165, 1.54) is 0 Å². The Labute approximate surface area is 148 Å². The number of rotatable bonds is 3. The van der Waals surface area contributed by atoms with Gasteiger partial charge in [0.05, 0.1) is 6.20 Å². The number of amides is 1. The number of carbonyl (C=O) groups is 1. The van der Waals surface area contributed by atoms with Gasteiger partial charge in [-0.05, 0) is 23.8 Å². The summed E-state index contributed by atoms with van der Waals surface area (Å²) >= 11 is 0. The van der Waals surface area contributed by atoms with Crippen molar-refractivity contribution in [2.75, 3.05) is 18.7 Å². The monoisotopic (exact) mass is 349 g/mol. The first kappa shape index (κ1) is 14.8. The highest BCUT2D eigenvalue weighted by atomic mass is 16.7. The molecule has 3 heterocycles. The molecule has 1 unspecified atom stereocenters. The van der Waals surface area contributed by atoms with Gasteiger partial charge in [0.2, 0.25) is 12.7 Å². The number of ether oxygens (including phenoxy) is 3. The van der Waals surface area contributed by atoms with Gasteiger partial charge in [-0.25, -0.2) is 0 Å². The molecule has 0 spiro atoms. The van der Waals surface area contributed by atoms with E-state index in [0.717, 1.165) is 22.4 Å². The molecule has 0 fully saturated rings. The quantitative estimate of drug-likeness (QED) is 0.759. The standard InChI is InChI=1S/C19H15N3O4/c23-19(14-9-24-15-4-2-1-3-12(14)15)21-18-13(8-20-22-18)11-5-6-16-17(7-11)26-10-25-16/h1-8,14H,9-10H2,(H2,20,21,22,23). The van der Waals surface area contributed by atoms with Crippen molar-refractivity contribution in [1.82, 2.24) is 10.2 Å². The molecule has 130 valence electrons. The van der Waals surface area contributed by atoms with Gasteiger partial charge in [-0.1, -0.05) is 24.3 Å². The van der Waals surface area contributed by atoms with Crippen LogP contribution in [0, 0.1) is 0 Å². The smallest absolute Gasteiger partial charge is 0.236 e. The van der Waals surface area contributed by atoms with Crippen molar-refractivity contribution in [2.24, 2.45) is 0 Å². The van der Waals surface area contributed by atoms with E-state index >= 15 is 0 Å². The van der Waals surface area contributed by atoms with Gasteiger partial charge in [0, 0.05) is 11.1 Å². The normalized spacial score (nSPS) is 16.8. The van der Waals surface area contributed by atoms with Crippen LogP contribution in [-0.4, -0.2) is 29.5 Å². The number of hydrogen-bond acceptors (Lipinski definition) is 5. The molecule has 2 aliphatic heterocycles. The molecule has 26 heavy (non-hydrogen) atoms. The summed E-state index contributed by atoms with van der Waals surface area (Å²) in [6, 6.07) is 13.2. The highest BCUT2D eigenvalue weighted by Gasteiger charge is 2.30. The van der Waals surface area contributed by atoms with Crippen LogP contribution in [0.1, 0.15) is 11.5 Å². The van der Waals surface area contributed by atoms with E-state index < -0.39 is 0 Å². The van der Waals surface area contributed by atoms with Crippen molar-refractivity contribution in [1.29, 1.82) is 0 Å². The van der Waals surface area contributed by atoms with E-state index in [0.29, 0.717) is 23.9 Å². The Bertz CT molecular complexity index is 998. The number of aromatic amines is 1. The van der Waals surface area contributed by atoms with E-state index in [1.807, 2.05) is 42.5 Å². The van der Waals surface area contributed by atoms with Crippen LogP contribution in [-0.2, 0) is 4.79 Å². The fraction of sp³-hybridized carbons (Fsp3) is 0.158. The summed E-state index contributed by atoms with van der Waals surface area (Å²) < 4.78 is 16.4. The van der Waals surface area contributed by atoms with Crippen LogP contribution >= 0.6 is 0 Å². The minimum absolute atomic E-state index is 0.138. The topological polar surface area (TPSA) is 85.5 Å². The molecule has 2 aromatic carbocycles. The zero-order valence-electron chi connectivity index (χ0n) is 13.7. The molecule has 3 aromatic rings. The Balaban J connectivity index is 1.41. The zero-order valence-corrected chi connectivity index (χ0v) is 13.7. The zero-order chi connectivity index (χ0) is 17.5. The van der Waals surface area contributed by atoms with Gasteiger partial charge in [-0.2, -0.15) is 5.10 Å². The van der Waals surface area contributed by atoms with Gasteiger partial charge in [0.1, 0.15) is 24.1 Å². The summed E-state index contributed by atoms with van der Waals surface area (Å²) in [5, 5.41) is 9.86. The van der Waals surface area contributed by atoms with E-state index in [1.54, 1.807) is 6.20 Å². The molecule has 7 nitrogen and oxygen atoms in total. The van der Waals surface area contributed by atoms with E-state index in [2.05, 4.69) is 15.5 Å². The molecule has 1 atom stereocenters. The lowest BCUT2D eigenvalue weighted by Gasteiger charge is -2.10. The molecule has 2 aliphatic rings. The van der Waals surface area contributed by atoms with Gasteiger partial charge in [0.15, 0.2) is 11.5 Å². The van der Waals surface area contributed by atoms with Crippen LogP contribution in [0.4, 0.5) is 5.82 Å². The lowest BCUT2D eigenvalue weighted by Crippen LogP contribution is -2.22. The second kappa shape index (κ2) is 5.80. The van der Waals surface area contributed by atoms with Crippen LogP contribution in [0.3, 0.4) is 0 Å². The second-order valence-corrected chi connectivity index (χ2v) is 6.12. The predicted octanol–water partition coefficient (Wildman–Crippen LogP) is 2.92. The van der Waals surface area contributed by atoms with Crippen molar-refractivity contribution < 1.29 is 19.0 Å². The first-order valence-corrected chi connectivity index (χ1v) is 8.25. The number of anilines is 1. The van der Waals surface area contributed by atoms with Gasteiger partial charge in [-0.15, -0.1) is 0 Å². The first-order chi connectivity index (χ1) is 12.8. The third-order valence-corrected chi connectivity index (χ3v) is 4.59. The fourth-order valence-corrected chi connectivity index (χ4v) is 3.25. The second-order valence-electron chi connectivity index (χ2n) is 6.12. The molecule has 1 aromatic heterocycles. The number of carbonyl (C=O) groups excluding carboxylic acids is 1. The SMILES string of the molecule is O=C(Nc1[nH]ncc1-c1ccc2c(c1)OCO2)C1COc2ccccc21. The first-order valence-electron chi connectivity index (χ1n) is 8.25. The maximum Gasteiger partial charge on any atom is 0.236 e. The summed E-state index contributed by atoms with van der Waals surface area (Å²) in [5.41, 5.74) is 2.55.